The molecule has 4 N–H and O–H groups in total. The predicted octanol–water partition coefficient (Wildman–Crippen LogP) is 3.87. The third-order valence-electron chi connectivity index (χ3n) is 3.14. The third-order valence-corrected chi connectivity index (χ3v) is 4.70. The number of halogens is 1. The van der Waals surface area contributed by atoms with Crippen LogP contribution < -0.4 is 11.1 Å². The SMILES string of the molecule is C=C/C(=C\N=CN)C(=O)Nc1csc(-c2ccc(Br)cc2)c1C(=O)O. The van der Waals surface area contributed by atoms with E-state index in [1.807, 2.05) is 12.1 Å². The minimum absolute atomic E-state index is 0.0337. The molecule has 6 nitrogen and oxygen atoms in total. The lowest BCUT2D eigenvalue weighted by atomic mass is 10.1. The number of amides is 1. The maximum Gasteiger partial charge on any atom is 0.339 e. The fraction of sp³-hybridized carbons (Fsp3) is 0. The highest BCUT2D eigenvalue weighted by atomic mass is 79.9. The highest BCUT2D eigenvalue weighted by molar-refractivity contribution is 9.10. The average Bonchev–Trinajstić information content (AvgIpc) is 3.00. The Labute approximate surface area is 156 Å². The van der Waals surface area contributed by atoms with Crippen LogP contribution in [0.1, 0.15) is 10.4 Å². The van der Waals surface area contributed by atoms with Gasteiger partial charge in [0, 0.05) is 16.1 Å². The van der Waals surface area contributed by atoms with E-state index in [0.29, 0.717) is 4.88 Å². The molecule has 0 radical (unpaired) electrons. The standard InChI is InChI=1S/C17H14BrN3O3S/c1-2-10(7-20-9-19)16(22)21-13-8-25-15(14(13)17(23)24)11-3-5-12(18)6-4-11/h2-9H,1H2,(H2,19,20)(H,21,22)(H,23,24)/b10-7+. The molecule has 0 aliphatic carbocycles. The number of hydrogen-bond donors (Lipinski definition) is 3. The molecule has 0 spiro atoms. The van der Waals surface area contributed by atoms with E-state index in [1.165, 1.54) is 23.6 Å². The van der Waals surface area contributed by atoms with Gasteiger partial charge in [-0.1, -0.05) is 40.7 Å². The van der Waals surface area contributed by atoms with Crippen molar-refractivity contribution in [1.29, 1.82) is 0 Å². The number of nitrogens with one attached hydrogen (secondary N) is 1. The molecule has 0 atom stereocenters. The molecule has 1 aromatic carbocycles. The summed E-state index contributed by atoms with van der Waals surface area (Å²) in [5.41, 5.74) is 6.30. The number of aliphatic imine (C=N–C) groups is 1. The summed E-state index contributed by atoms with van der Waals surface area (Å²) < 4.78 is 0.888. The monoisotopic (exact) mass is 419 g/mol. The molecule has 0 bridgehead atoms. The first-order valence-electron chi connectivity index (χ1n) is 6.96. The number of carboxylic acids is 1. The summed E-state index contributed by atoms with van der Waals surface area (Å²) in [4.78, 5) is 28.2. The molecule has 128 valence electrons. The zero-order chi connectivity index (χ0) is 18.4. The highest BCUT2D eigenvalue weighted by Crippen LogP contribution is 2.36. The van der Waals surface area contributed by atoms with E-state index in [9.17, 15) is 14.7 Å². The van der Waals surface area contributed by atoms with Crippen molar-refractivity contribution in [3.63, 3.8) is 0 Å². The fourth-order valence-electron chi connectivity index (χ4n) is 2.00. The van der Waals surface area contributed by atoms with Crippen LogP contribution in [0.3, 0.4) is 0 Å². The minimum atomic E-state index is -1.13. The van der Waals surface area contributed by atoms with Crippen LogP contribution in [0.25, 0.3) is 10.4 Å². The number of carbonyl (C=O) groups is 2. The van der Waals surface area contributed by atoms with E-state index in [0.717, 1.165) is 16.4 Å². The summed E-state index contributed by atoms with van der Waals surface area (Å²) in [6, 6.07) is 7.25. The normalized spacial score (nSPS) is 11.5. The van der Waals surface area contributed by atoms with Crippen LogP contribution in [0.15, 0.2) is 63.5 Å². The summed E-state index contributed by atoms with van der Waals surface area (Å²) in [7, 11) is 0. The van der Waals surface area contributed by atoms with E-state index in [2.05, 4.69) is 32.8 Å². The number of rotatable bonds is 6. The van der Waals surface area contributed by atoms with Crippen LogP contribution in [0, 0.1) is 0 Å². The second-order valence-corrected chi connectivity index (χ2v) is 6.50. The zero-order valence-electron chi connectivity index (χ0n) is 12.9. The number of benzene rings is 1. The quantitative estimate of drug-likeness (QED) is 0.286. The van der Waals surface area contributed by atoms with Crippen LogP contribution >= 0.6 is 27.3 Å². The van der Waals surface area contributed by atoms with Crippen molar-refractivity contribution in [2.75, 3.05) is 5.32 Å². The lowest BCUT2D eigenvalue weighted by Gasteiger charge is -2.06. The first-order chi connectivity index (χ1) is 12.0. The number of aromatic carboxylic acids is 1. The number of anilines is 1. The van der Waals surface area contributed by atoms with Gasteiger partial charge in [0.1, 0.15) is 5.56 Å². The van der Waals surface area contributed by atoms with E-state index in [4.69, 9.17) is 5.73 Å². The Bertz CT molecular complexity index is 870. The molecule has 0 saturated heterocycles. The van der Waals surface area contributed by atoms with Gasteiger partial charge in [0.25, 0.3) is 5.91 Å². The molecule has 0 aliphatic rings. The Morgan fingerprint density at radius 2 is 2.00 bits per heavy atom. The summed E-state index contributed by atoms with van der Waals surface area (Å²) >= 11 is 4.58. The Kier molecular flexibility index (Phi) is 6.26. The number of hydrogen-bond acceptors (Lipinski definition) is 4. The van der Waals surface area contributed by atoms with Crippen molar-refractivity contribution in [3.05, 3.63) is 64.1 Å². The van der Waals surface area contributed by atoms with Crippen molar-refractivity contribution in [2.45, 2.75) is 0 Å². The second-order valence-electron chi connectivity index (χ2n) is 4.71. The number of nitrogens with two attached hydrogens (primary N) is 1. The van der Waals surface area contributed by atoms with Gasteiger partial charge in [0.15, 0.2) is 0 Å². The molecule has 1 aromatic heterocycles. The molecule has 0 aliphatic heterocycles. The molecular weight excluding hydrogens is 406 g/mol. The lowest BCUT2D eigenvalue weighted by Crippen LogP contribution is -2.15. The van der Waals surface area contributed by atoms with E-state index in [-0.39, 0.29) is 16.8 Å². The van der Waals surface area contributed by atoms with Crippen LogP contribution in [0.5, 0.6) is 0 Å². The summed E-state index contributed by atoms with van der Waals surface area (Å²) in [6.45, 7) is 3.53. The minimum Gasteiger partial charge on any atom is -0.478 e. The van der Waals surface area contributed by atoms with Gasteiger partial charge in [-0.25, -0.2) is 9.79 Å². The molecule has 25 heavy (non-hydrogen) atoms. The van der Waals surface area contributed by atoms with Gasteiger partial charge in [-0.05, 0) is 17.7 Å². The van der Waals surface area contributed by atoms with Crippen LogP contribution in [-0.4, -0.2) is 23.3 Å². The zero-order valence-corrected chi connectivity index (χ0v) is 15.3. The van der Waals surface area contributed by atoms with Crippen molar-refractivity contribution in [3.8, 4) is 10.4 Å². The van der Waals surface area contributed by atoms with Crippen molar-refractivity contribution < 1.29 is 14.7 Å². The maximum absolute atomic E-state index is 12.3. The van der Waals surface area contributed by atoms with Crippen molar-refractivity contribution in [1.82, 2.24) is 0 Å². The first kappa shape index (κ1) is 18.6. The lowest BCUT2D eigenvalue weighted by molar-refractivity contribution is -0.112. The van der Waals surface area contributed by atoms with Crippen molar-refractivity contribution in [2.24, 2.45) is 10.7 Å². The Morgan fingerprint density at radius 1 is 1.32 bits per heavy atom. The summed E-state index contributed by atoms with van der Waals surface area (Å²) in [5, 5.41) is 13.7. The topological polar surface area (TPSA) is 105 Å². The van der Waals surface area contributed by atoms with Gasteiger partial charge >= 0.3 is 5.97 Å². The van der Waals surface area contributed by atoms with Crippen LogP contribution in [0.4, 0.5) is 5.69 Å². The molecule has 0 saturated carbocycles. The van der Waals surface area contributed by atoms with E-state index in [1.54, 1.807) is 17.5 Å². The Hall–Kier alpha value is -2.71. The largest absolute Gasteiger partial charge is 0.478 e. The predicted molar refractivity (Wildman–Crippen MR) is 104 cm³/mol. The number of nitrogens with zero attached hydrogens (tertiary/aromatic N) is 1. The van der Waals surface area contributed by atoms with Gasteiger partial charge in [-0.2, -0.15) is 0 Å². The molecule has 0 fully saturated rings. The Morgan fingerprint density at radius 3 is 2.56 bits per heavy atom. The van der Waals surface area contributed by atoms with Crippen LogP contribution in [-0.2, 0) is 4.79 Å². The molecule has 2 rings (SSSR count). The fourth-order valence-corrected chi connectivity index (χ4v) is 3.26. The van der Waals surface area contributed by atoms with E-state index >= 15 is 0 Å². The molecular formula is C17H14BrN3O3S. The van der Waals surface area contributed by atoms with E-state index < -0.39 is 11.9 Å². The number of carboxylic acid groups (broad SMARTS) is 1. The molecule has 1 heterocycles. The Balaban J connectivity index is 2.39. The molecule has 2 aromatic rings. The highest BCUT2D eigenvalue weighted by Gasteiger charge is 2.21. The number of carbonyl (C=O) groups excluding carboxylic acids is 1. The van der Waals surface area contributed by atoms with Crippen LogP contribution in [0.2, 0.25) is 0 Å². The number of thiophene rings is 1. The summed E-state index contributed by atoms with van der Waals surface area (Å²) in [6.07, 6.45) is 3.59. The van der Waals surface area contributed by atoms with Gasteiger partial charge in [0.2, 0.25) is 0 Å². The van der Waals surface area contributed by atoms with Gasteiger partial charge in [0.05, 0.1) is 22.5 Å². The van der Waals surface area contributed by atoms with Crippen molar-refractivity contribution >= 4 is 51.2 Å². The molecule has 1 amide bonds. The van der Waals surface area contributed by atoms with Gasteiger partial charge in [-0.3, -0.25) is 4.79 Å². The average molecular weight is 420 g/mol. The molecule has 0 unspecified atom stereocenters. The second kappa shape index (κ2) is 8.41. The van der Waals surface area contributed by atoms with Gasteiger partial charge in [-0.15, -0.1) is 11.3 Å². The smallest absolute Gasteiger partial charge is 0.339 e. The van der Waals surface area contributed by atoms with Gasteiger partial charge < -0.3 is 16.2 Å². The maximum atomic E-state index is 12.3. The third kappa shape index (κ3) is 4.43. The first-order valence-corrected chi connectivity index (χ1v) is 8.63. The summed E-state index contributed by atoms with van der Waals surface area (Å²) in [5.74, 6) is -1.65. The molecule has 8 heteroatoms.